The monoisotopic (exact) mass is 402 g/mol. The van der Waals surface area contributed by atoms with Crippen LogP contribution in [0.3, 0.4) is 0 Å². The predicted molar refractivity (Wildman–Crippen MR) is 112 cm³/mol. The molecule has 0 atom stereocenters. The number of carbonyl (C=O) groups excluding carboxylic acids is 2. The lowest BCUT2D eigenvalue weighted by Crippen LogP contribution is -2.37. The number of halogens is 1. The summed E-state index contributed by atoms with van der Waals surface area (Å²) in [5.74, 6) is -0.291. The number of anilines is 1. The van der Waals surface area contributed by atoms with Gasteiger partial charge in [-0.2, -0.15) is 0 Å². The molecule has 0 bridgehead atoms. The van der Waals surface area contributed by atoms with E-state index in [9.17, 15) is 14.0 Å². The number of nitrogens with one attached hydrogen (secondary N) is 1. The van der Waals surface area contributed by atoms with E-state index in [0.717, 1.165) is 0 Å². The van der Waals surface area contributed by atoms with Crippen LogP contribution in [-0.2, 0) is 11.3 Å². The summed E-state index contributed by atoms with van der Waals surface area (Å²) in [5, 5.41) is 2.56. The van der Waals surface area contributed by atoms with Gasteiger partial charge in [-0.15, -0.1) is 0 Å². The van der Waals surface area contributed by atoms with Crippen molar-refractivity contribution in [1.82, 2.24) is 5.32 Å². The molecule has 3 aromatic carbocycles. The highest BCUT2D eigenvalue weighted by molar-refractivity contribution is 6.09. The number of hydrogen-bond donors (Lipinski definition) is 1. The summed E-state index contributed by atoms with van der Waals surface area (Å²) in [7, 11) is 1.56. The third kappa shape index (κ3) is 3.80. The molecule has 0 saturated carbocycles. The third-order valence-corrected chi connectivity index (χ3v) is 4.82. The number of carbonyl (C=O) groups is 2. The smallest absolute Gasteiger partial charge is 0.294 e. The fraction of sp³-hybridized carbons (Fsp3) is 0.0833. The average molecular weight is 402 g/mol. The third-order valence-electron chi connectivity index (χ3n) is 4.82. The van der Waals surface area contributed by atoms with Gasteiger partial charge < -0.3 is 10.1 Å². The zero-order valence-corrected chi connectivity index (χ0v) is 16.3. The molecular weight excluding hydrogens is 383 g/mol. The SMILES string of the molecule is CNC(=O)c1ccc(/C=C2\Oc3ccccc3N(Cc3ccccc3F)C2=O)cc1. The fourth-order valence-corrected chi connectivity index (χ4v) is 3.24. The number of benzene rings is 3. The molecule has 0 aliphatic carbocycles. The molecule has 1 aliphatic rings. The Balaban J connectivity index is 1.69. The van der Waals surface area contributed by atoms with Crippen molar-refractivity contribution < 1.29 is 18.7 Å². The highest BCUT2D eigenvalue weighted by atomic mass is 19.1. The van der Waals surface area contributed by atoms with Gasteiger partial charge >= 0.3 is 0 Å². The van der Waals surface area contributed by atoms with Gasteiger partial charge in [0.05, 0.1) is 12.2 Å². The molecule has 4 rings (SSSR count). The normalized spacial score (nSPS) is 14.3. The molecule has 1 heterocycles. The van der Waals surface area contributed by atoms with Gasteiger partial charge in [-0.1, -0.05) is 42.5 Å². The molecular formula is C24H19FN2O3. The van der Waals surface area contributed by atoms with Crippen molar-refractivity contribution in [3.05, 3.63) is 101 Å². The molecule has 1 aliphatic heterocycles. The van der Waals surface area contributed by atoms with Gasteiger partial charge in [0.1, 0.15) is 5.82 Å². The quantitative estimate of drug-likeness (QED) is 0.667. The van der Waals surface area contributed by atoms with E-state index >= 15 is 0 Å². The minimum atomic E-state index is -0.371. The van der Waals surface area contributed by atoms with Crippen molar-refractivity contribution >= 4 is 23.6 Å². The molecule has 3 aromatic rings. The Kier molecular flexibility index (Phi) is 5.30. The Morgan fingerprint density at radius 1 is 1.03 bits per heavy atom. The second kappa shape index (κ2) is 8.21. The van der Waals surface area contributed by atoms with Gasteiger partial charge in [0.2, 0.25) is 0 Å². The van der Waals surface area contributed by atoms with E-state index in [2.05, 4.69) is 5.32 Å². The Hall–Kier alpha value is -3.93. The lowest BCUT2D eigenvalue weighted by molar-refractivity contribution is -0.117. The Labute approximate surface area is 173 Å². The first-order valence-electron chi connectivity index (χ1n) is 9.43. The van der Waals surface area contributed by atoms with Crippen LogP contribution in [-0.4, -0.2) is 18.9 Å². The molecule has 1 N–H and O–H groups in total. The van der Waals surface area contributed by atoms with Crippen LogP contribution in [0, 0.1) is 5.82 Å². The van der Waals surface area contributed by atoms with Crippen LogP contribution in [0.1, 0.15) is 21.5 Å². The molecule has 0 radical (unpaired) electrons. The number of amides is 2. The zero-order chi connectivity index (χ0) is 21.1. The van der Waals surface area contributed by atoms with Crippen molar-refractivity contribution in [3.8, 4) is 5.75 Å². The van der Waals surface area contributed by atoms with Gasteiger partial charge in [0.25, 0.3) is 11.8 Å². The molecule has 5 nitrogen and oxygen atoms in total. The Morgan fingerprint density at radius 2 is 1.73 bits per heavy atom. The number of rotatable bonds is 4. The largest absolute Gasteiger partial charge is 0.449 e. The molecule has 0 spiro atoms. The van der Waals surface area contributed by atoms with Crippen LogP contribution in [0.25, 0.3) is 6.08 Å². The van der Waals surface area contributed by atoms with Crippen LogP contribution in [0.4, 0.5) is 10.1 Å². The second-order valence-corrected chi connectivity index (χ2v) is 6.76. The summed E-state index contributed by atoms with van der Waals surface area (Å²) in [4.78, 5) is 26.4. The van der Waals surface area contributed by atoms with Gasteiger partial charge in [0.15, 0.2) is 11.5 Å². The standard InChI is InChI=1S/C24H19FN2O3/c1-26-23(28)17-12-10-16(11-13-17)14-22-24(29)27(15-18-6-2-3-7-19(18)25)20-8-4-5-9-21(20)30-22/h2-14H,15H2,1H3,(H,26,28)/b22-14-. The first kappa shape index (κ1) is 19.4. The van der Waals surface area contributed by atoms with Gasteiger partial charge in [0, 0.05) is 18.2 Å². The van der Waals surface area contributed by atoms with Crippen molar-refractivity contribution in [1.29, 1.82) is 0 Å². The van der Waals surface area contributed by atoms with Gasteiger partial charge in [-0.25, -0.2) is 4.39 Å². The van der Waals surface area contributed by atoms with E-state index < -0.39 is 0 Å². The predicted octanol–water partition coefficient (Wildman–Crippen LogP) is 4.15. The highest BCUT2D eigenvalue weighted by Gasteiger charge is 2.30. The topological polar surface area (TPSA) is 58.6 Å². The van der Waals surface area contributed by atoms with E-state index in [4.69, 9.17) is 4.74 Å². The first-order chi connectivity index (χ1) is 14.6. The molecule has 0 saturated heterocycles. The van der Waals surface area contributed by atoms with E-state index in [-0.39, 0.29) is 29.9 Å². The number of ether oxygens (including phenoxy) is 1. The van der Waals surface area contributed by atoms with Crippen LogP contribution in [0.15, 0.2) is 78.6 Å². The number of fused-ring (bicyclic) bond motifs is 1. The number of hydrogen-bond acceptors (Lipinski definition) is 3. The fourth-order valence-electron chi connectivity index (χ4n) is 3.24. The number of nitrogens with zero attached hydrogens (tertiary/aromatic N) is 1. The van der Waals surface area contributed by atoms with Crippen molar-refractivity contribution in [2.24, 2.45) is 0 Å². The van der Waals surface area contributed by atoms with E-state index in [1.54, 1.807) is 73.8 Å². The van der Waals surface area contributed by atoms with Crippen molar-refractivity contribution in [2.45, 2.75) is 6.54 Å². The van der Waals surface area contributed by atoms with E-state index in [0.29, 0.717) is 28.1 Å². The molecule has 0 fully saturated rings. The van der Waals surface area contributed by atoms with Crippen molar-refractivity contribution in [3.63, 3.8) is 0 Å². The highest BCUT2D eigenvalue weighted by Crippen LogP contribution is 2.36. The maximum Gasteiger partial charge on any atom is 0.294 e. The summed E-state index contributed by atoms with van der Waals surface area (Å²) >= 11 is 0. The van der Waals surface area contributed by atoms with Crippen LogP contribution >= 0.6 is 0 Å². The lowest BCUT2D eigenvalue weighted by atomic mass is 10.1. The van der Waals surface area contributed by atoms with E-state index in [1.807, 2.05) is 6.07 Å². The van der Waals surface area contributed by atoms with Gasteiger partial charge in [-0.3, -0.25) is 14.5 Å². The second-order valence-electron chi connectivity index (χ2n) is 6.76. The van der Waals surface area contributed by atoms with Crippen molar-refractivity contribution in [2.75, 3.05) is 11.9 Å². The average Bonchev–Trinajstić information content (AvgIpc) is 2.78. The summed E-state index contributed by atoms with van der Waals surface area (Å²) in [6.45, 7) is 0.0822. The lowest BCUT2D eigenvalue weighted by Gasteiger charge is -2.30. The van der Waals surface area contributed by atoms with Crippen LogP contribution in [0.5, 0.6) is 5.75 Å². The minimum absolute atomic E-state index is 0.0822. The Morgan fingerprint density at radius 3 is 2.47 bits per heavy atom. The molecule has 0 unspecified atom stereocenters. The van der Waals surface area contributed by atoms with E-state index in [1.165, 1.54) is 11.0 Å². The molecule has 30 heavy (non-hydrogen) atoms. The Bertz CT molecular complexity index is 1140. The summed E-state index contributed by atoms with van der Waals surface area (Å²) < 4.78 is 20.0. The zero-order valence-electron chi connectivity index (χ0n) is 16.3. The summed E-state index contributed by atoms with van der Waals surface area (Å²) in [6.07, 6.45) is 1.61. The molecule has 0 aromatic heterocycles. The first-order valence-corrected chi connectivity index (χ1v) is 9.43. The minimum Gasteiger partial charge on any atom is -0.449 e. The van der Waals surface area contributed by atoms with Gasteiger partial charge in [-0.05, 0) is 42.0 Å². The van der Waals surface area contributed by atoms with Crippen LogP contribution in [0.2, 0.25) is 0 Å². The number of para-hydroxylation sites is 2. The maximum atomic E-state index is 14.2. The molecule has 2 amide bonds. The molecule has 150 valence electrons. The van der Waals surface area contributed by atoms with Crippen LogP contribution < -0.4 is 15.0 Å². The maximum absolute atomic E-state index is 14.2. The molecule has 6 heteroatoms. The summed E-state index contributed by atoms with van der Waals surface area (Å²) in [5.41, 5.74) is 2.22. The summed E-state index contributed by atoms with van der Waals surface area (Å²) in [6, 6.07) is 20.3.